The molecule has 1 saturated heterocycles. The number of urea groups is 1. The van der Waals surface area contributed by atoms with Crippen molar-refractivity contribution in [2.45, 2.75) is 36.9 Å². The summed E-state index contributed by atoms with van der Waals surface area (Å²) in [4.78, 5) is 14.3. The van der Waals surface area contributed by atoms with E-state index < -0.39 is 0 Å². The molecule has 2 aliphatic rings. The van der Waals surface area contributed by atoms with Gasteiger partial charge in [0, 0.05) is 42.9 Å². The van der Waals surface area contributed by atoms with Crippen LogP contribution in [0.1, 0.15) is 32.1 Å². The van der Waals surface area contributed by atoms with E-state index in [-0.39, 0.29) is 6.03 Å². The van der Waals surface area contributed by atoms with E-state index in [1.165, 1.54) is 32.1 Å². The minimum absolute atomic E-state index is 0.00560. The molecular formula is C14H22N4OS. The van der Waals surface area contributed by atoms with Crippen LogP contribution in [-0.4, -0.2) is 44.3 Å². The predicted octanol–water partition coefficient (Wildman–Crippen LogP) is 2.70. The monoisotopic (exact) mass is 294 g/mol. The van der Waals surface area contributed by atoms with Gasteiger partial charge in [-0.15, -0.1) is 0 Å². The Morgan fingerprint density at radius 2 is 2.20 bits per heavy atom. The fourth-order valence-corrected chi connectivity index (χ4v) is 4.76. The van der Waals surface area contributed by atoms with Gasteiger partial charge >= 0.3 is 6.03 Å². The molecule has 0 atom stereocenters. The topological polar surface area (TPSA) is 50.2 Å². The first-order valence-corrected chi connectivity index (χ1v) is 8.35. The lowest BCUT2D eigenvalue weighted by Gasteiger charge is -2.44. The van der Waals surface area contributed by atoms with Crippen LogP contribution in [0.5, 0.6) is 0 Å². The zero-order chi connectivity index (χ0) is 14.0. The van der Waals surface area contributed by atoms with Gasteiger partial charge in [0.25, 0.3) is 0 Å². The van der Waals surface area contributed by atoms with Crippen molar-refractivity contribution < 1.29 is 4.79 Å². The molecule has 5 nitrogen and oxygen atoms in total. The van der Waals surface area contributed by atoms with E-state index in [2.05, 4.69) is 22.2 Å². The van der Waals surface area contributed by atoms with Gasteiger partial charge in [0.15, 0.2) is 5.82 Å². The standard InChI is InChI=1S/C14H22N4OS/c1-17-8-5-12(16-17)15-13(19)18-9-10-20-14(11-18)6-3-2-4-7-14/h5,8H,2-4,6-7,9-11H2,1H3,(H,15,16,19). The molecule has 1 aliphatic heterocycles. The molecule has 0 unspecified atom stereocenters. The lowest BCUT2D eigenvalue weighted by molar-refractivity contribution is 0.198. The number of carbonyl (C=O) groups excluding carboxylic acids is 1. The van der Waals surface area contributed by atoms with Crippen LogP contribution in [0.25, 0.3) is 0 Å². The van der Waals surface area contributed by atoms with Crippen LogP contribution in [0.15, 0.2) is 12.3 Å². The van der Waals surface area contributed by atoms with E-state index in [1.807, 2.05) is 24.2 Å². The lowest BCUT2D eigenvalue weighted by Crippen LogP contribution is -2.51. The summed E-state index contributed by atoms with van der Waals surface area (Å²) < 4.78 is 2.02. The zero-order valence-corrected chi connectivity index (χ0v) is 12.8. The average Bonchev–Trinajstić information content (AvgIpc) is 2.85. The molecule has 0 aromatic carbocycles. The van der Waals surface area contributed by atoms with Crippen LogP contribution in [0.3, 0.4) is 0 Å². The van der Waals surface area contributed by atoms with E-state index in [4.69, 9.17) is 0 Å². The van der Waals surface area contributed by atoms with Gasteiger partial charge in [0.05, 0.1) is 0 Å². The molecule has 0 radical (unpaired) electrons. The van der Waals surface area contributed by atoms with Crippen molar-refractivity contribution in [3.8, 4) is 0 Å². The van der Waals surface area contributed by atoms with E-state index in [0.29, 0.717) is 10.6 Å². The largest absolute Gasteiger partial charge is 0.323 e. The van der Waals surface area contributed by atoms with Crippen molar-refractivity contribution in [1.29, 1.82) is 0 Å². The molecule has 1 N–H and O–H groups in total. The highest BCUT2D eigenvalue weighted by atomic mass is 32.2. The molecule has 0 bridgehead atoms. The molecule has 1 saturated carbocycles. The van der Waals surface area contributed by atoms with E-state index in [9.17, 15) is 4.79 Å². The van der Waals surface area contributed by atoms with Crippen molar-refractivity contribution in [2.24, 2.45) is 7.05 Å². The third-order valence-corrected chi connectivity index (χ3v) is 5.79. The van der Waals surface area contributed by atoms with Crippen LogP contribution in [0.2, 0.25) is 0 Å². The highest BCUT2D eigenvalue weighted by Crippen LogP contribution is 2.42. The number of hydrogen-bond donors (Lipinski definition) is 1. The Labute approximate surface area is 124 Å². The van der Waals surface area contributed by atoms with Crippen LogP contribution in [-0.2, 0) is 7.05 Å². The third kappa shape index (κ3) is 2.95. The van der Waals surface area contributed by atoms with E-state index >= 15 is 0 Å². The van der Waals surface area contributed by atoms with Crippen molar-refractivity contribution in [2.75, 3.05) is 24.2 Å². The normalized spacial score (nSPS) is 21.9. The summed E-state index contributed by atoms with van der Waals surface area (Å²) >= 11 is 2.08. The number of nitrogens with zero attached hydrogens (tertiary/aromatic N) is 3. The van der Waals surface area contributed by atoms with Crippen molar-refractivity contribution in [1.82, 2.24) is 14.7 Å². The zero-order valence-electron chi connectivity index (χ0n) is 12.0. The van der Waals surface area contributed by atoms with Gasteiger partial charge in [-0.2, -0.15) is 16.9 Å². The molecule has 110 valence electrons. The molecule has 1 aromatic heterocycles. The molecule has 2 amide bonds. The van der Waals surface area contributed by atoms with Gasteiger partial charge in [-0.25, -0.2) is 4.79 Å². The summed E-state index contributed by atoms with van der Waals surface area (Å²) in [5, 5.41) is 7.10. The summed E-state index contributed by atoms with van der Waals surface area (Å²) in [6.07, 6.45) is 8.31. The third-order valence-electron chi connectivity index (χ3n) is 4.25. The summed E-state index contributed by atoms with van der Waals surface area (Å²) in [5.74, 6) is 1.68. The van der Waals surface area contributed by atoms with Crippen molar-refractivity contribution in [3.63, 3.8) is 0 Å². The Hall–Kier alpha value is -1.17. The molecule has 3 rings (SSSR count). The van der Waals surface area contributed by atoms with Gasteiger partial charge in [-0.1, -0.05) is 19.3 Å². The van der Waals surface area contributed by atoms with Crippen LogP contribution < -0.4 is 5.32 Å². The Kier molecular flexibility index (Phi) is 3.92. The van der Waals surface area contributed by atoms with Crippen molar-refractivity contribution >= 4 is 23.6 Å². The van der Waals surface area contributed by atoms with Gasteiger partial charge < -0.3 is 4.90 Å². The fraction of sp³-hybridized carbons (Fsp3) is 0.714. The molecular weight excluding hydrogens is 272 g/mol. The summed E-state index contributed by atoms with van der Waals surface area (Å²) in [6, 6.07) is 1.82. The van der Waals surface area contributed by atoms with Crippen LogP contribution in [0.4, 0.5) is 10.6 Å². The summed E-state index contributed by atoms with van der Waals surface area (Å²) in [6.45, 7) is 1.72. The first-order valence-electron chi connectivity index (χ1n) is 7.36. The number of rotatable bonds is 1. The first kappa shape index (κ1) is 13.8. The number of aryl methyl sites for hydroxylation is 1. The summed E-state index contributed by atoms with van der Waals surface area (Å²) in [5.41, 5.74) is 0. The Morgan fingerprint density at radius 3 is 2.90 bits per heavy atom. The maximum absolute atomic E-state index is 12.4. The quantitative estimate of drug-likeness (QED) is 0.866. The molecule has 1 aliphatic carbocycles. The van der Waals surface area contributed by atoms with Crippen LogP contribution >= 0.6 is 11.8 Å². The first-order chi connectivity index (χ1) is 9.67. The van der Waals surface area contributed by atoms with Gasteiger partial charge in [-0.05, 0) is 12.8 Å². The number of nitrogens with one attached hydrogen (secondary N) is 1. The highest BCUT2D eigenvalue weighted by Gasteiger charge is 2.38. The minimum Gasteiger partial charge on any atom is -0.322 e. The molecule has 6 heteroatoms. The SMILES string of the molecule is Cn1ccc(NC(=O)N2CCSC3(CCCCC3)C2)n1. The number of amides is 2. The Morgan fingerprint density at radius 1 is 1.40 bits per heavy atom. The number of aromatic nitrogens is 2. The second-order valence-corrected chi connectivity index (χ2v) is 7.38. The maximum atomic E-state index is 12.4. The van der Waals surface area contributed by atoms with Crippen molar-refractivity contribution in [3.05, 3.63) is 12.3 Å². The second kappa shape index (κ2) is 5.68. The number of hydrogen-bond acceptors (Lipinski definition) is 3. The number of thioether (sulfide) groups is 1. The second-order valence-electron chi connectivity index (χ2n) is 5.82. The van der Waals surface area contributed by atoms with Gasteiger partial charge in [0.1, 0.15) is 0 Å². The number of anilines is 1. The predicted molar refractivity (Wildman–Crippen MR) is 82.1 cm³/mol. The maximum Gasteiger partial charge on any atom is 0.323 e. The van der Waals surface area contributed by atoms with Crippen LogP contribution in [0, 0.1) is 0 Å². The Bertz CT molecular complexity index is 476. The molecule has 2 fully saturated rings. The molecule has 20 heavy (non-hydrogen) atoms. The molecule has 1 spiro atoms. The molecule has 2 heterocycles. The average molecular weight is 294 g/mol. The van der Waals surface area contributed by atoms with E-state index in [1.54, 1.807) is 4.68 Å². The van der Waals surface area contributed by atoms with Gasteiger partial charge in [0.2, 0.25) is 0 Å². The molecule has 1 aromatic rings. The Balaban J connectivity index is 1.62. The van der Waals surface area contributed by atoms with Gasteiger partial charge in [-0.3, -0.25) is 10.00 Å². The lowest BCUT2D eigenvalue weighted by atomic mass is 9.87. The number of carbonyl (C=O) groups is 1. The summed E-state index contributed by atoms with van der Waals surface area (Å²) in [7, 11) is 1.85. The highest BCUT2D eigenvalue weighted by molar-refractivity contribution is 8.00. The smallest absolute Gasteiger partial charge is 0.322 e. The van der Waals surface area contributed by atoms with E-state index in [0.717, 1.165) is 18.8 Å². The minimum atomic E-state index is -0.00560. The fourth-order valence-electron chi connectivity index (χ4n) is 3.19.